The number of thioether (sulfide) groups is 1. The molecule has 1 N–H and O–H groups in total. The molecule has 0 bridgehead atoms. The quantitative estimate of drug-likeness (QED) is 0.735. The minimum absolute atomic E-state index is 0.220. The number of fused-ring (bicyclic) bond motifs is 1. The Morgan fingerprint density at radius 3 is 2.47 bits per heavy atom. The van der Waals surface area contributed by atoms with Crippen LogP contribution < -0.4 is 5.32 Å². The van der Waals surface area contributed by atoms with Gasteiger partial charge < -0.3 is 5.32 Å². The van der Waals surface area contributed by atoms with Gasteiger partial charge in [0.1, 0.15) is 0 Å². The highest BCUT2D eigenvalue weighted by molar-refractivity contribution is 7.99. The number of hydrogen-bond acceptors (Lipinski definition) is 2. The molecule has 1 heterocycles. The smallest absolute Gasteiger partial charge is 0.0725 e. The molecule has 0 saturated heterocycles. The van der Waals surface area contributed by atoms with E-state index >= 15 is 0 Å². The van der Waals surface area contributed by atoms with Crippen LogP contribution in [0.25, 0.3) is 0 Å². The summed E-state index contributed by atoms with van der Waals surface area (Å²) in [4.78, 5) is 1.31. The molecule has 1 aliphatic heterocycles. The van der Waals surface area contributed by atoms with Crippen LogP contribution in [-0.4, -0.2) is 5.75 Å². The van der Waals surface area contributed by atoms with Gasteiger partial charge in [-0.15, -0.1) is 11.8 Å². The average molecular weight is 331 g/mol. The Kier molecular flexibility index (Phi) is 3.86. The second-order valence-corrected chi connectivity index (χ2v) is 6.60. The number of rotatable bonds is 2. The highest BCUT2D eigenvalue weighted by Gasteiger charge is 2.23. The zero-order valence-corrected chi connectivity index (χ0v) is 12.9. The number of anilines is 1. The molecule has 0 spiro atoms. The molecule has 0 saturated carbocycles. The lowest BCUT2D eigenvalue weighted by atomic mass is 10.1. The minimum Gasteiger partial charge on any atom is -0.375 e. The lowest BCUT2D eigenvalue weighted by molar-refractivity contribution is 0.900. The van der Waals surface area contributed by atoms with Crippen LogP contribution in [0.5, 0.6) is 0 Å². The molecule has 1 atom stereocenters. The van der Waals surface area contributed by atoms with Crippen molar-refractivity contribution in [1.82, 2.24) is 0 Å². The lowest BCUT2D eigenvalue weighted by Gasteiger charge is -2.17. The Balaban J connectivity index is 1.92. The van der Waals surface area contributed by atoms with Crippen molar-refractivity contribution in [3.8, 4) is 0 Å². The first-order chi connectivity index (χ1) is 9.15. The van der Waals surface area contributed by atoms with E-state index in [0.717, 1.165) is 11.4 Å². The van der Waals surface area contributed by atoms with Gasteiger partial charge in [-0.1, -0.05) is 53.0 Å². The van der Waals surface area contributed by atoms with Crippen molar-refractivity contribution in [1.29, 1.82) is 0 Å². The summed E-state index contributed by atoms with van der Waals surface area (Å²) in [7, 11) is 0. The first kappa shape index (κ1) is 13.4. The third-order valence-corrected chi connectivity index (χ3v) is 5.02. The molecule has 0 aromatic heterocycles. The van der Waals surface area contributed by atoms with Gasteiger partial charge in [0.05, 0.1) is 21.8 Å². The van der Waals surface area contributed by atoms with Crippen molar-refractivity contribution in [2.45, 2.75) is 10.9 Å². The number of nitrogens with one attached hydrogen (secondary N) is 1. The summed E-state index contributed by atoms with van der Waals surface area (Å²) in [5, 5.41) is 5.06. The number of benzene rings is 2. The molecule has 0 amide bonds. The summed E-state index contributed by atoms with van der Waals surface area (Å²) in [6.45, 7) is 0. The summed E-state index contributed by atoms with van der Waals surface area (Å²) >= 11 is 20.2. The largest absolute Gasteiger partial charge is 0.375 e. The highest BCUT2D eigenvalue weighted by Crippen LogP contribution is 2.42. The molecule has 19 heavy (non-hydrogen) atoms. The van der Waals surface area contributed by atoms with Gasteiger partial charge in [-0.2, -0.15) is 0 Å². The first-order valence-electron chi connectivity index (χ1n) is 5.78. The van der Waals surface area contributed by atoms with Crippen LogP contribution in [0.4, 0.5) is 5.69 Å². The highest BCUT2D eigenvalue weighted by atomic mass is 35.5. The van der Waals surface area contributed by atoms with Gasteiger partial charge in [-0.25, -0.2) is 0 Å². The molecule has 5 heteroatoms. The Labute approximate surface area is 131 Å². The van der Waals surface area contributed by atoms with Crippen molar-refractivity contribution in [3.05, 3.63) is 57.0 Å². The zero-order chi connectivity index (χ0) is 13.4. The van der Waals surface area contributed by atoms with Gasteiger partial charge in [0.25, 0.3) is 0 Å². The lowest BCUT2D eigenvalue weighted by Crippen LogP contribution is -2.10. The van der Waals surface area contributed by atoms with Gasteiger partial charge in [0, 0.05) is 15.7 Å². The molecule has 2 aromatic rings. The predicted octanol–water partition coefficient (Wildman–Crippen LogP) is 5.91. The average Bonchev–Trinajstić information content (AvgIpc) is 2.77. The maximum atomic E-state index is 6.20. The summed E-state index contributed by atoms with van der Waals surface area (Å²) in [6, 6.07) is 12.0. The van der Waals surface area contributed by atoms with Crippen LogP contribution >= 0.6 is 46.6 Å². The van der Waals surface area contributed by atoms with Crippen LogP contribution in [0.15, 0.2) is 41.3 Å². The van der Waals surface area contributed by atoms with Crippen molar-refractivity contribution < 1.29 is 0 Å². The molecule has 1 nitrogen and oxygen atoms in total. The molecule has 0 fully saturated rings. The summed E-state index contributed by atoms with van der Waals surface area (Å²) in [6.07, 6.45) is 0. The monoisotopic (exact) mass is 329 g/mol. The molecule has 1 aliphatic rings. The van der Waals surface area contributed by atoms with E-state index in [1.165, 1.54) is 10.5 Å². The predicted molar refractivity (Wildman–Crippen MR) is 85.0 cm³/mol. The third kappa shape index (κ3) is 2.68. The Bertz CT molecular complexity index is 607. The maximum absolute atomic E-state index is 6.20. The van der Waals surface area contributed by atoms with E-state index in [1.54, 1.807) is 12.1 Å². The molecular weight excluding hydrogens is 321 g/mol. The van der Waals surface area contributed by atoms with Crippen LogP contribution in [0.3, 0.4) is 0 Å². The van der Waals surface area contributed by atoms with E-state index in [2.05, 4.69) is 23.5 Å². The van der Waals surface area contributed by atoms with Gasteiger partial charge in [0.2, 0.25) is 0 Å². The Morgan fingerprint density at radius 2 is 1.74 bits per heavy atom. The fourth-order valence-corrected chi connectivity index (χ4v) is 4.22. The van der Waals surface area contributed by atoms with Crippen LogP contribution in [0.2, 0.25) is 15.1 Å². The van der Waals surface area contributed by atoms with Crippen molar-refractivity contribution in [2.24, 2.45) is 0 Å². The fourth-order valence-electron chi connectivity index (χ4n) is 2.14. The van der Waals surface area contributed by atoms with Gasteiger partial charge >= 0.3 is 0 Å². The molecule has 98 valence electrons. The van der Waals surface area contributed by atoms with Crippen LogP contribution in [0, 0.1) is 0 Å². The normalized spacial score (nSPS) is 17.3. The van der Waals surface area contributed by atoms with E-state index < -0.39 is 0 Å². The molecule has 3 rings (SSSR count). The number of hydrogen-bond donors (Lipinski definition) is 1. The molecular formula is C14H10Cl3NS. The van der Waals surface area contributed by atoms with E-state index in [0.29, 0.717) is 15.1 Å². The Hall–Kier alpha value is -0.540. The van der Waals surface area contributed by atoms with Gasteiger partial charge in [-0.3, -0.25) is 0 Å². The maximum Gasteiger partial charge on any atom is 0.0725 e. The van der Waals surface area contributed by atoms with E-state index in [-0.39, 0.29) is 6.04 Å². The first-order valence-corrected chi connectivity index (χ1v) is 7.90. The minimum atomic E-state index is 0.220. The van der Waals surface area contributed by atoms with E-state index in [1.807, 2.05) is 17.8 Å². The third-order valence-electron chi connectivity index (χ3n) is 3.03. The topological polar surface area (TPSA) is 12.0 Å². The molecule has 2 aromatic carbocycles. The zero-order valence-electron chi connectivity index (χ0n) is 9.79. The molecule has 1 unspecified atom stereocenters. The SMILES string of the molecule is Clc1cc(Cl)c(NC2CSc3ccccc32)c(Cl)c1. The summed E-state index contributed by atoms with van der Waals surface area (Å²) in [5.41, 5.74) is 2.03. The van der Waals surface area contributed by atoms with Crippen LogP contribution in [0.1, 0.15) is 11.6 Å². The van der Waals surface area contributed by atoms with E-state index in [9.17, 15) is 0 Å². The molecule has 0 aliphatic carbocycles. The van der Waals surface area contributed by atoms with Crippen molar-refractivity contribution in [2.75, 3.05) is 11.1 Å². The van der Waals surface area contributed by atoms with Gasteiger partial charge in [-0.05, 0) is 23.8 Å². The second kappa shape index (κ2) is 5.45. The standard InChI is InChI=1S/C14H10Cl3NS/c15-8-5-10(16)14(11(17)6-8)18-12-7-19-13-4-2-1-3-9(12)13/h1-6,12,18H,7H2. The van der Waals surface area contributed by atoms with Crippen molar-refractivity contribution >= 4 is 52.3 Å². The fraction of sp³-hybridized carbons (Fsp3) is 0.143. The molecule has 0 radical (unpaired) electrons. The summed E-state index contributed by atoms with van der Waals surface area (Å²) < 4.78 is 0. The number of halogens is 3. The van der Waals surface area contributed by atoms with Crippen molar-refractivity contribution in [3.63, 3.8) is 0 Å². The Morgan fingerprint density at radius 1 is 1.05 bits per heavy atom. The van der Waals surface area contributed by atoms with Gasteiger partial charge in [0.15, 0.2) is 0 Å². The second-order valence-electron chi connectivity index (χ2n) is 4.29. The summed E-state index contributed by atoms with van der Waals surface area (Å²) in [5.74, 6) is 0.967. The van der Waals surface area contributed by atoms with Crippen LogP contribution in [-0.2, 0) is 0 Å². The van der Waals surface area contributed by atoms with E-state index in [4.69, 9.17) is 34.8 Å².